The molecule has 0 aliphatic heterocycles. The van der Waals surface area contributed by atoms with Crippen LogP contribution in [0.3, 0.4) is 0 Å². The van der Waals surface area contributed by atoms with Gasteiger partial charge in [0.25, 0.3) is 0 Å². The molecule has 1 amide bonds. The molecule has 34 heavy (non-hydrogen) atoms. The van der Waals surface area contributed by atoms with Gasteiger partial charge in [-0.1, -0.05) is 30.0 Å². The molecule has 178 valence electrons. The number of nitrogens with zero attached hydrogens (tertiary/aromatic N) is 2. The van der Waals surface area contributed by atoms with Gasteiger partial charge in [0.15, 0.2) is 10.1 Å². The van der Waals surface area contributed by atoms with Crippen molar-refractivity contribution in [2.24, 2.45) is 5.14 Å². The van der Waals surface area contributed by atoms with Gasteiger partial charge in [-0.25, -0.2) is 18.5 Å². The van der Waals surface area contributed by atoms with Crippen LogP contribution in [0.25, 0.3) is 6.08 Å². The van der Waals surface area contributed by atoms with E-state index in [0.717, 1.165) is 11.3 Å². The van der Waals surface area contributed by atoms with Crippen LogP contribution in [0.15, 0.2) is 63.8 Å². The Balaban J connectivity index is 1.56. The van der Waals surface area contributed by atoms with Crippen LogP contribution in [0.4, 0.5) is 11.4 Å². The average molecular weight is 517 g/mol. The highest BCUT2D eigenvalue weighted by atomic mass is 32.2. The molecular formula is C23H24N4O4S3. The van der Waals surface area contributed by atoms with Crippen LogP contribution in [0.2, 0.25) is 0 Å². The molecule has 0 spiro atoms. The molecule has 0 fully saturated rings. The van der Waals surface area contributed by atoms with Gasteiger partial charge in [0.2, 0.25) is 15.9 Å². The van der Waals surface area contributed by atoms with Crippen molar-refractivity contribution in [3.8, 4) is 0 Å². The fourth-order valence-electron chi connectivity index (χ4n) is 2.85. The Morgan fingerprint density at radius 3 is 2.35 bits per heavy atom. The van der Waals surface area contributed by atoms with Crippen molar-refractivity contribution in [1.29, 1.82) is 0 Å². The van der Waals surface area contributed by atoms with Crippen molar-refractivity contribution in [2.45, 2.75) is 16.2 Å². The van der Waals surface area contributed by atoms with Crippen LogP contribution in [0.5, 0.6) is 0 Å². The summed E-state index contributed by atoms with van der Waals surface area (Å²) in [5, 5.41) is 7.75. The summed E-state index contributed by atoms with van der Waals surface area (Å²) in [5.74, 6) is -0.334. The van der Waals surface area contributed by atoms with Gasteiger partial charge in [-0.05, 0) is 55.0 Å². The predicted octanol–water partition coefficient (Wildman–Crippen LogP) is 3.79. The second-order valence-electron chi connectivity index (χ2n) is 7.48. The van der Waals surface area contributed by atoms with Gasteiger partial charge in [-0.2, -0.15) is 0 Å². The molecule has 11 heteroatoms. The van der Waals surface area contributed by atoms with Gasteiger partial charge >= 0.3 is 0 Å². The van der Waals surface area contributed by atoms with Crippen LogP contribution in [0.1, 0.15) is 20.9 Å². The molecule has 3 N–H and O–H groups in total. The molecule has 0 unspecified atom stereocenters. The summed E-state index contributed by atoms with van der Waals surface area (Å²) in [5.41, 5.74) is 3.06. The number of ketones is 1. The predicted molar refractivity (Wildman–Crippen MR) is 138 cm³/mol. The van der Waals surface area contributed by atoms with E-state index < -0.39 is 10.0 Å². The number of amides is 1. The zero-order valence-corrected chi connectivity index (χ0v) is 21.3. The molecule has 0 atom stereocenters. The maximum absolute atomic E-state index is 12.6. The lowest BCUT2D eigenvalue weighted by Crippen LogP contribution is -2.15. The third-order valence-electron chi connectivity index (χ3n) is 4.63. The molecule has 0 saturated carbocycles. The van der Waals surface area contributed by atoms with Crippen molar-refractivity contribution < 1.29 is 18.0 Å². The number of aryl methyl sites for hydroxylation is 1. The van der Waals surface area contributed by atoms with Gasteiger partial charge in [-0.15, -0.1) is 11.3 Å². The lowest BCUT2D eigenvalue weighted by Gasteiger charge is -2.11. The fourth-order valence-corrected chi connectivity index (χ4v) is 5.27. The van der Waals surface area contributed by atoms with Gasteiger partial charge < -0.3 is 10.2 Å². The maximum atomic E-state index is 12.6. The third-order valence-corrected chi connectivity index (χ3v) is 7.87. The molecule has 1 heterocycles. The lowest BCUT2D eigenvalue weighted by atomic mass is 10.1. The molecule has 0 aliphatic rings. The number of thioether (sulfide) groups is 1. The highest BCUT2D eigenvalue weighted by molar-refractivity contribution is 8.01. The van der Waals surface area contributed by atoms with Crippen LogP contribution >= 0.6 is 23.1 Å². The first-order valence-corrected chi connectivity index (χ1v) is 13.4. The summed E-state index contributed by atoms with van der Waals surface area (Å²) in [7, 11) is 0.147. The van der Waals surface area contributed by atoms with Crippen molar-refractivity contribution in [1.82, 2.24) is 4.98 Å². The number of allylic oxidation sites excluding steroid dienone is 1. The summed E-state index contributed by atoms with van der Waals surface area (Å²) in [6.07, 6.45) is 3.29. The van der Waals surface area contributed by atoms with Crippen molar-refractivity contribution in [3.63, 3.8) is 0 Å². The minimum absolute atomic E-state index is 0.0324. The molecule has 0 aliphatic carbocycles. The number of benzene rings is 2. The fraction of sp³-hybridized carbons (Fsp3) is 0.174. The minimum atomic E-state index is -3.79. The summed E-state index contributed by atoms with van der Waals surface area (Å²) >= 11 is 2.47. The molecule has 1 aromatic heterocycles. The molecule has 0 radical (unpaired) electrons. The molecule has 0 bridgehead atoms. The summed E-state index contributed by atoms with van der Waals surface area (Å²) in [4.78, 5) is 31.8. The summed E-state index contributed by atoms with van der Waals surface area (Å²) in [6, 6.07) is 13.4. The Morgan fingerprint density at radius 1 is 1.12 bits per heavy atom. The normalized spacial score (nSPS) is 11.5. The van der Waals surface area contributed by atoms with Crippen LogP contribution in [0, 0.1) is 6.92 Å². The Kier molecular flexibility index (Phi) is 8.26. The number of hydrogen-bond donors (Lipinski definition) is 2. The molecule has 2 aromatic carbocycles. The van der Waals surface area contributed by atoms with E-state index >= 15 is 0 Å². The zero-order valence-electron chi connectivity index (χ0n) is 18.8. The molecule has 3 rings (SSSR count). The number of nitrogens with one attached hydrogen (secondary N) is 1. The number of carbonyl (C=O) groups excluding carboxylic acids is 2. The van der Waals surface area contributed by atoms with Gasteiger partial charge in [0, 0.05) is 25.5 Å². The number of rotatable bonds is 9. The number of sulfonamides is 1. The van der Waals surface area contributed by atoms with Crippen molar-refractivity contribution >= 4 is 62.3 Å². The van der Waals surface area contributed by atoms with E-state index in [1.807, 2.05) is 43.3 Å². The Hall–Kier alpha value is -2.99. The number of thiazole rings is 1. The first kappa shape index (κ1) is 25.6. The second kappa shape index (κ2) is 11.0. The highest BCUT2D eigenvalue weighted by Crippen LogP contribution is 2.28. The smallest absolute Gasteiger partial charge is 0.238 e. The second-order valence-corrected chi connectivity index (χ2v) is 11.3. The number of primary sulfonamides is 1. The number of carbonyl (C=O) groups is 2. The minimum Gasteiger partial charge on any atom is -0.378 e. The summed E-state index contributed by atoms with van der Waals surface area (Å²) in [6.45, 7) is 1.76. The maximum Gasteiger partial charge on any atom is 0.238 e. The van der Waals surface area contributed by atoms with E-state index in [0.29, 0.717) is 20.6 Å². The summed E-state index contributed by atoms with van der Waals surface area (Å²) < 4.78 is 23.2. The number of aromatic nitrogens is 1. The first-order chi connectivity index (χ1) is 16.0. The van der Waals surface area contributed by atoms with E-state index in [4.69, 9.17) is 5.14 Å². The standard InChI is InChI=1S/C23H24N4O4S3/c1-15-22(20(28)13-6-16-4-9-18(10-5-16)27(2)3)33-23(25-15)32-14-21(29)26-17-7-11-19(12-8-17)34(24,30)31/h4-13H,14H2,1-3H3,(H,26,29)(H2,24,30,31)/b13-6+. The monoisotopic (exact) mass is 516 g/mol. The Labute approximate surface area is 206 Å². The van der Waals surface area contributed by atoms with Gasteiger partial charge in [0.05, 0.1) is 21.2 Å². The van der Waals surface area contributed by atoms with E-state index in [1.54, 1.807) is 13.0 Å². The first-order valence-electron chi connectivity index (χ1n) is 10.1. The van der Waals surface area contributed by atoms with Crippen molar-refractivity contribution in [3.05, 3.63) is 70.7 Å². The third kappa shape index (κ3) is 7.00. The quantitative estimate of drug-likeness (QED) is 0.252. The molecule has 0 saturated heterocycles. The molecular weight excluding hydrogens is 492 g/mol. The van der Waals surface area contributed by atoms with E-state index in [9.17, 15) is 18.0 Å². The number of nitrogens with two attached hydrogens (primary N) is 1. The molecule has 3 aromatic rings. The van der Waals surface area contributed by atoms with E-state index in [2.05, 4.69) is 10.3 Å². The lowest BCUT2D eigenvalue weighted by molar-refractivity contribution is -0.113. The number of anilines is 2. The SMILES string of the molecule is Cc1nc(SCC(=O)Nc2ccc(S(N)(=O)=O)cc2)sc1C(=O)/C=C/c1ccc(N(C)C)cc1. The van der Waals surface area contributed by atoms with E-state index in [1.165, 1.54) is 53.4 Å². The van der Waals surface area contributed by atoms with Crippen molar-refractivity contribution in [2.75, 3.05) is 30.1 Å². The van der Waals surface area contributed by atoms with Crippen LogP contribution < -0.4 is 15.4 Å². The van der Waals surface area contributed by atoms with Crippen LogP contribution in [-0.2, 0) is 14.8 Å². The van der Waals surface area contributed by atoms with Gasteiger partial charge in [-0.3, -0.25) is 9.59 Å². The number of hydrogen-bond acceptors (Lipinski definition) is 8. The Morgan fingerprint density at radius 2 is 1.76 bits per heavy atom. The Bertz CT molecular complexity index is 1310. The largest absolute Gasteiger partial charge is 0.378 e. The zero-order chi connectivity index (χ0) is 24.9. The highest BCUT2D eigenvalue weighted by Gasteiger charge is 2.15. The van der Waals surface area contributed by atoms with Gasteiger partial charge in [0.1, 0.15) is 0 Å². The van der Waals surface area contributed by atoms with Crippen LogP contribution in [-0.4, -0.2) is 44.9 Å². The average Bonchev–Trinajstić information content (AvgIpc) is 3.16. The van der Waals surface area contributed by atoms with E-state index in [-0.39, 0.29) is 22.3 Å². The molecule has 8 nitrogen and oxygen atoms in total. The topological polar surface area (TPSA) is 122 Å².